The van der Waals surface area contributed by atoms with Crippen molar-refractivity contribution in [2.75, 3.05) is 39.9 Å². The lowest BCUT2D eigenvalue weighted by Gasteiger charge is -2.35. The molecule has 6 nitrogen and oxygen atoms in total. The Hall–Kier alpha value is -1.79. The monoisotopic (exact) mass is 389 g/mol. The Kier molecular flexibility index (Phi) is 8.42. The number of para-hydroxylation sites is 1. The van der Waals surface area contributed by atoms with E-state index in [0.717, 1.165) is 63.8 Å². The zero-order valence-electron chi connectivity index (χ0n) is 17.3. The largest absolute Gasteiger partial charge is 0.489 e. The molecule has 0 spiro atoms. The van der Waals surface area contributed by atoms with Crippen molar-refractivity contribution in [1.29, 1.82) is 0 Å². The molecule has 2 unspecified atom stereocenters. The van der Waals surface area contributed by atoms with Crippen molar-refractivity contribution >= 4 is 5.96 Å². The summed E-state index contributed by atoms with van der Waals surface area (Å²) in [6.07, 6.45) is 6.35. The van der Waals surface area contributed by atoms with Gasteiger partial charge in [0.1, 0.15) is 11.9 Å². The molecule has 0 aromatic heterocycles. The van der Waals surface area contributed by atoms with Crippen molar-refractivity contribution < 1.29 is 14.2 Å². The van der Waals surface area contributed by atoms with E-state index in [9.17, 15) is 0 Å². The summed E-state index contributed by atoms with van der Waals surface area (Å²) in [7, 11) is 1.84. The molecular formula is C22H35N3O3. The third-order valence-corrected chi connectivity index (χ3v) is 5.37. The molecule has 6 heteroatoms. The van der Waals surface area contributed by atoms with Crippen molar-refractivity contribution in [2.45, 2.75) is 57.3 Å². The van der Waals surface area contributed by atoms with Crippen LogP contribution in [0.25, 0.3) is 0 Å². The first-order chi connectivity index (χ1) is 13.7. The van der Waals surface area contributed by atoms with Crippen LogP contribution in [-0.4, -0.2) is 69.1 Å². The third kappa shape index (κ3) is 6.67. The van der Waals surface area contributed by atoms with Crippen molar-refractivity contribution in [3.05, 3.63) is 30.3 Å². The first kappa shape index (κ1) is 20.9. The van der Waals surface area contributed by atoms with Gasteiger partial charge in [-0.25, -0.2) is 0 Å². The molecule has 2 atom stereocenters. The molecule has 0 amide bonds. The summed E-state index contributed by atoms with van der Waals surface area (Å²) in [5.74, 6) is 1.84. The number of piperidine rings is 1. The Morgan fingerprint density at radius 2 is 2.00 bits per heavy atom. The number of likely N-dealkylation sites (tertiary alicyclic amines) is 1. The average molecular weight is 390 g/mol. The summed E-state index contributed by atoms with van der Waals surface area (Å²) in [5, 5.41) is 3.45. The SMILES string of the molecule is CN=C(NCC(C)Oc1ccccc1)N1CCC(OCC2CCCCO2)CC1. The molecule has 156 valence electrons. The van der Waals surface area contributed by atoms with Gasteiger partial charge in [0, 0.05) is 26.7 Å². The number of rotatable bonds is 7. The molecule has 2 aliphatic rings. The van der Waals surface area contributed by atoms with Crippen LogP contribution in [0.15, 0.2) is 35.3 Å². The number of nitrogens with zero attached hydrogens (tertiary/aromatic N) is 2. The fourth-order valence-electron chi connectivity index (χ4n) is 3.76. The van der Waals surface area contributed by atoms with E-state index in [1.807, 2.05) is 37.4 Å². The molecule has 1 N–H and O–H groups in total. The maximum atomic E-state index is 6.12. The fourth-order valence-corrected chi connectivity index (χ4v) is 3.76. The first-order valence-electron chi connectivity index (χ1n) is 10.6. The quantitative estimate of drug-likeness (QED) is 0.574. The van der Waals surface area contributed by atoms with Crippen LogP contribution < -0.4 is 10.1 Å². The molecule has 1 aromatic carbocycles. The van der Waals surface area contributed by atoms with Crippen LogP contribution in [0.4, 0.5) is 0 Å². The predicted octanol–water partition coefficient (Wildman–Crippen LogP) is 3.08. The van der Waals surface area contributed by atoms with Crippen molar-refractivity contribution in [3.63, 3.8) is 0 Å². The topological polar surface area (TPSA) is 55.3 Å². The van der Waals surface area contributed by atoms with Crippen LogP contribution in [0, 0.1) is 0 Å². The summed E-state index contributed by atoms with van der Waals surface area (Å²) in [5.41, 5.74) is 0. The molecule has 28 heavy (non-hydrogen) atoms. The van der Waals surface area contributed by atoms with Crippen LogP contribution in [-0.2, 0) is 9.47 Å². The zero-order valence-corrected chi connectivity index (χ0v) is 17.3. The first-order valence-corrected chi connectivity index (χ1v) is 10.6. The summed E-state index contributed by atoms with van der Waals surface area (Å²) >= 11 is 0. The molecule has 0 radical (unpaired) electrons. The molecular weight excluding hydrogens is 354 g/mol. The molecule has 2 aliphatic heterocycles. The average Bonchev–Trinajstić information content (AvgIpc) is 2.75. The highest BCUT2D eigenvalue weighted by molar-refractivity contribution is 5.80. The molecule has 1 aromatic rings. The molecule has 2 saturated heterocycles. The van der Waals surface area contributed by atoms with Gasteiger partial charge in [-0.15, -0.1) is 0 Å². The van der Waals surface area contributed by atoms with E-state index in [1.54, 1.807) is 0 Å². The predicted molar refractivity (Wildman–Crippen MR) is 112 cm³/mol. The number of aliphatic imine (C=N–C) groups is 1. The third-order valence-electron chi connectivity index (χ3n) is 5.37. The fraction of sp³-hybridized carbons (Fsp3) is 0.682. The van der Waals surface area contributed by atoms with Gasteiger partial charge in [0.2, 0.25) is 0 Å². The van der Waals surface area contributed by atoms with E-state index in [0.29, 0.717) is 12.2 Å². The standard InChI is InChI=1S/C22H35N3O3/c1-18(28-20-8-4-3-5-9-20)16-24-22(23-2)25-13-11-19(12-14-25)27-17-21-10-6-7-15-26-21/h3-5,8-9,18-19,21H,6-7,10-17H2,1-2H3,(H,23,24). The number of hydrogen-bond donors (Lipinski definition) is 1. The minimum Gasteiger partial charge on any atom is -0.489 e. The highest BCUT2D eigenvalue weighted by Gasteiger charge is 2.24. The molecule has 2 fully saturated rings. The van der Waals surface area contributed by atoms with E-state index >= 15 is 0 Å². The summed E-state index contributed by atoms with van der Waals surface area (Å²) in [4.78, 5) is 6.76. The Morgan fingerprint density at radius 3 is 2.68 bits per heavy atom. The van der Waals surface area contributed by atoms with Gasteiger partial charge in [0.05, 0.1) is 25.4 Å². The molecule has 2 heterocycles. The highest BCUT2D eigenvalue weighted by Crippen LogP contribution is 2.18. The van der Waals surface area contributed by atoms with Gasteiger partial charge in [-0.1, -0.05) is 18.2 Å². The maximum Gasteiger partial charge on any atom is 0.193 e. The molecule has 3 rings (SSSR count). The van der Waals surface area contributed by atoms with E-state index in [4.69, 9.17) is 14.2 Å². The molecule has 0 bridgehead atoms. The normalized spacial score (nSPS) is 22.7. The number of guanidine groups is 1. The van der Waals surface area contributed by atoms with Gasteiger partial charge >= 0.3 is 0 Å². The van der Waals surface area contributed by atoms with Crippen molar-refractivity contribution in [2.24, 2.45) is 4.99 Å². The van der Waals surface area contributed by atoms with Gasteiger partial charge in [0.25, 0.3) is 0 Å². The van der Waals surface area contributed by atoms with Crippen LogP contribution in [0.1, 0.15) is 39.0 Å². The lowest BCUT2D eigenvalue weighted by molar-refractivity contribution is -0.0721. The summed E-state index contributed by atoms with van der Waals surface area (Å²) in [6, 6.07) is 9.93. The van der Waals surface area contributed by atoms with E-state index in [1.165, 1.54) is 12.8 Å². The second kappa shape index (κ2) is 11.3. The Morgan fingerprint density at radius 1 is 1.21 bits per heavy atom. The van der Waals surface area contributed by atoms with E-state index in [-0.39, 0.29) is 6.10 Å². The number of nitrogens with one attached hydrogen (secondary N) is 1. The number of hydrogen-bond acceptors (Lipinski definition) is 4. The summed E-state index contributed by atoms with van der Waals surface area (Å²) < 4.78 is 17.8. The number of benzene rings is 1. The van der Waals surface area contributed by atoms with E-state index in [2.05, 4.69) is 22.1 Å². The maximum absolute atomic E-state index is 6.12. The van der Waals surface area contributed by atoms with Gasteiger partial charge in [-0.3, -0.25) is 4.99 Å². The van der Waals surface area contributed by atoms with E-state index < -0.39 is 0 Å². The van der Waals surface area contributed by atoms with Gasteiger partial charge in [-0.2, -0.15) is 0 Å². The van der Waals surface area contributed by atoms with Gasteiger partial charge < -0.3 is 24.4 Å². The highest BCUT2D eigenvalue weighted by atomic mass is 16.5. The number of ether oxygens (including phenoxy) is 3. The second-order valence-corrected chi connectivity index (χ2v) is 7.68. The minimum atomic E-state index is 0.0653. The smallest absolute Gasteiger partial charge is 0.193 e. The van der Waals surface area contributed by atoms with Crippen LogP contribution in [0.3, 0.4) is 0 Å². The van der Waals surface area contributed by atoms with Crippen molar-refractivity contribution in [3.8, 4) is 5.75 Å². The van der Waals surface area contributed by atoms with Gasteiger partial charge in [-0.05, 0) is 51.2 Å². The Labute approximate surface area is 169 Å². The van der Waals surface area contributed by atoms with Crippen LogP contribution in [0.5, 0.6) is 5.75 Å². The second-order valence-electron chi connectivity index (χ2n) is 7.68. The Balaban J connectivity index is 1.35. The van der Waals surface area contributed by atoms with Crippen LogP contribution in [0.2, 0.25) is 0 Å². The lowest BCUT2D eigenvalue weighted by atomic mass is 10.1. The minimum absolute atomic E-state index is 0.0653. The van der Waals surface area contributed by atoms with Crippen LogP contribution >= 0.6 is 0 Å². The Bertz CT molecular complexity index is 582. The van der Waals surface area contributed by atoms with Crippen molar-refractivity contribution in [1.82, 2.24) is 10.2 Å². The molecule has 0 saturated carbocycles. The molecule has 0 aliphatic carbocycles. The van der Waals surface area contributed by atoms with Gasteiger partial charge in [0.15, 0.2) is 5.96 Å². The lowest BCUT2D eigenvalue weighted by Crippen LogP contribution is -2.49. The summed E-state index contributed by atoms with van der Waals surface area (Å²) in [6.45, 7) is 6.35. The zero-order chi connectivity index (χ0) is 19.6.